The minimum absolute atomic E-state index is 0.481. The summed E-state index contributed by atoms with van der Waals surface area (Å²) in [6.07, 6.45) is 0. The maximum absolute atomic E-state index is 12.4. The third kappa shape index (κ3) is 4.51. The molecule has 1 aromatic carbocycles. The standard InChI is InChI=1S/C19H25N5O2S/c1-3-23(4-2)11-10-20-18(25)19(26)21-17-15-12-27-13-16(15)22-24(17)14-8-6-5-7-9-14/h5-9H,3-4,10-13H2,1-2H3,(H,20,25)(H,21,26)/p+1. The van der Waals surface area contributed by atoms with E-state index in [-0.39, 0.29) is 0 Å². The Kier molecular flexibility index (Phi) is 6.52. The van der Waals surface area contributed by atoms with E-state index >= 15 is 0 Å². The molecule has 2 amide bonds. The summed E-state index contributed by atoms with van der Waals surface area (Å²) in [7, 11) is 0. The third-order valence-electron chi connectivity index (χ3n) is 4.75. The van der Waals surface area contributed by atoms with Crippen LogP contribution in [0.2, 0.25) is 0 Å². The van der Waals surface area contributed by atoms with Gasteiger partial charge in [0, 0.05) is 17.1 Å². The summed E-state index contributed by atoms with van der Waals surface area (Å²) in [6.45, 7) is 7.50. The molecule has 1 aliphatic rings. The zero-order valence-corrected chi connectivity index (χ0v) is 16.6. The summed E-state index contributed by atoms with van der Waals surface area (Å²) in [5, 5.41) is 10.1. The number of quaternary nitrogens is 1. The van der Waals surface area contributed by atoms with E-state index in [2.05, 4.69) is 29.6 Å². The lowest BCUT2D eigenvalue weighted by molar-refractivity contribution is -0.895. The Balaban J connectivity index is 1.70. The SMILES string of the molecule is CC[NH+](CC)CCNC(=O)C(=O)Nc1c2c(nn1-c1ccccc1)CSC2. The Morgan fingerprint density at radius 2 is 1.89 bits per heavy atom. The van der Waals surface area contributed by atoms with Crippen molar-refractivity contribution in [1.82, 2.24) is 15.1 Å². The van der Waals surface area contributed by atoms with E-state index in [1.54, 1.807) is 16.4 Å². The Labute approximate surface area is 163 Å². The number of likely N-dealkylation sites (N-methyl/N-ethyl adjacent to an activating group) is 1. The molecule has 0 saturated carbocycles. The molecule has 0 bridgehead atoms. The number of para-hydroxylation sites is 1. The number of aromatic nitrogens is 2. The summed E-state index contributed by atoms with van der Waals surface area (Å²) in [5.74, 6) is 0.931. The second kappa shape index (κ2) is 9.05. The van der Waals surface area contributed by atoms with Gasteiger partial charge in [-0.3, -0.25) is 9.59 Å². The first-order valence-electron chi connectivity index (χ1n) is 9.30. The van der Waals surface area contributed by atoms with Gasteiger partial charge in [0.2, 0.25) is 0 Å². The van der Waals surface area contributed by atoms with Crippen LogP contribution in [0.15, 0.2) is 30.3 Å². The minimum atomic E-state index is -0.652. The molecule has 7 nitrogen and oxygen atoms in total. The van der Waals surface area contributed by atoms with E-state index in [1.165, 1.54) is 4.90 Å². The first-order valence-corrected chi connectivity index (χ1v) is 10.5. The third-order valence-corrected chi connectivity index (χ3v) is 5.73. The number of benzene rings is 1. The maximum atomic E-state index is 12.4. The van der Waals surface area contributed by atoms with Crippen LogP contribution in [-0.2, 0) is 21.1 Å². The highest BCUT2D eigenvalue weighted by molar-refractivity contribution is 7.98. The highest BCUT2D eigenvalue weighted by atomic mass is 32.2. The van der Waals surface area contributed by atoms with E-state index < -0.39 is 11.8 Å². The molecular weight excluding hydrogens is 362 g/mol. The number of fused-ring (bicyclic) bond motifs is 1. The van der Waals surface area contributed by atoms with Crippen LogP contribution in [-0.4, -0.2) is 47.8 Å². The number of anilines is 1. The lowest BCUT2D eigenvalue weighted by atomic mass is 10.2. The molecule has 27 heavy (non-hydrogen) atoms. The van der Waals surface area contributed by atoms with E-state index in [0.29, 0.717) is 12.4 Å². The van der Waals surface area contributed by atoms with Crippen molar-refractivity contribution in [2.75, 3.05) is 31.5 Å². The lowest BCUT2D eigenvalue weighted by Gasteiger charge is -2.15. The molecule has 1 aliphatic heterocycles. The summed E-state index contributed by atoms with van der Waals surface area (Å²) in [5.41, 5.74) is 2.82. The van der Waals surface area contributed by atoms with Crippen LogP contribution in [0.4, 0.5) is 5.82 Å². The van der Waals surface area contributed by atoms with E-state index in [4.69, 9.17) is 0 Å². The summed E-state index contributed by atoms with van der Waals surface area (Å²) >= 11 is 1.75. The zero-order valence-electron chi connectivity index (χ0n) is 15.7. The highest BCUT2D eigenvalue weighted by Crippen LogP contribution is 2.35. The van der Waals surface area contributed by atoms with Gasteiger partial charge in [-0.15, -0.1) is 0 Å². The lowest BCUT2D eigenvalue weighted by Crippen LogP contribution is -3.12. The normalized spacial score (nSPS) is 12.9. The van der Waals surface area contributed by atoms with Crippen molar-refractivity contribution in [3.63, 3.8) is 0 Å². The predicted octanol–water partition coefficient (Wildman–Crippen LogP) is 0.599. The molecule has 0 aliphatic carbocycles. The quantitative estimate of drug-likeness (QED) is 0.607. The molecule has 0 spiro atoms. The zero-order chi connectivity index (χ0) is 19.2. The fourth-order valence-corrected chi connectivity index (χ4v) is 4.13. The van der Waals surface area contributed by atoms with Crippen LogP contribution in [0.5, 0.6) is 0 Å². The van der Waals surface area contributed by atoms with Gasteiger partial charge in [-0.25, -0.2) is 4.68 Å². The molecule has 0 saturated heterocycles. The summed E-state index contributed by atoms with van der Waals surface area (Å²) in [4.78, 5) is 26.0. The predicted molar refractivity (Wildman–Crippen MR) is 107 cm³/mol. The Morgan fingerprint density at radius 1 is 1.15 bits per heavy atom. The number of hydrogen-bond donors (Lipinski definition) is 3. The maximum Gasteiger partial charge on any atom is 0.314 e. The molecule has 144 valence electrons. The second-order valence-electron chi connectivity index (χ2n) is 6.43. The van der Waals surface area contributed by atoms with E-state index in [0.717, 1.165) is 48.1 Å². The average molecular weight is 389 g/mol. The molecule has 0 fully saturated rings. The number of rotatable bonds is 7. The van der Waals surface area contributed by atoms with Gasteiger partial charge in [0.25, 0.3) is 0 Å². The number of carbonyl (C=O) groups excluding carboxylic acids is 2. The van der Waals surface area contributed by atoms with Gasteiger partial charge in [0.05, 0.1) is 37.6 Å². The molecule has 3 N–H and O–H groups in total. The van der Waals surface area contributed by atoms with Crippen molar-refractivity contribution in [3.8, 4) is 5.69 Å². The van der Waals surface area contributed by atoms with Crippen LogP contribution < -0.4 is 15.5 Å². The number of amides is 2. The number of thioether (sulfide) groups is 1. The van der Waals surface area contributed by atoms with Crippen molar-refractivity contribution < 1.29 is 14.5 Å². The van der Waals surface area contributed by atoms with Gasteiger partial charge in [-0.05, 0) is 26.0 Å². The van der Waals surface area contributed by atoms with Crippen LogP contribution in [0, 0.1) is 0 Å². The van der Waals surface area contributed by atoms with Crippen LogP contribution in [0.3, 0.4) is 0 Å². The minimum Gasteiger partial charge on any atom is -0.342 e. The van der Waals surface area contributed by atoms with Crippen LogP contribution in [0.1, 0.15) is 25.1 Å². The number of carbonyl (C=O) groups is 2. The van der Waals surface area contributed by atoms with Crippen molar-refractivity contribution in [2.24, 2.45) is 0 Å². The van der Waals surface area contributed by atoms with E-state index in [1.807, 2.05) is 30.3 Å². The largest absolute Gasteiger partial charge is 0.342 e. The fraction of sp³-hybridized carbons (Fsp3) is 0.421. The Hall–Kier alpha value is -2.32. The number of hydrogen-bond acceptors (Lipinski definition) is 4. The van der Waals surface area contributed by atoms with Crippen LogP contribution >= 0.6 is 11.8 Å². The monoisotopic (exact) mass is 388 g/mol. The molecule has 2 aromatic rings. The smallest absolute Gasteiger partial charge is 0.314 e. The first kappa shape index (κ1) is 19.4. The molecule has 3 rings (SSSR count). The molecule has 0 radical (unpaired) electrons. The van der Waals surface area contributed by atoms with Crippen LogP contribution in [0.25, 0.3) is 5.69 Å². The van der Waals surface area contributed by atoms with Crippen molar-refractivity contribution in [1.29, 1.82) is 0 Å². The van der Waals surface area contributed by atoms with Gasteiger partial charge < -0.3 is 15.5 Å². The Morgan fingerprint density at radius 3 is 2.59 bits per heavy atom. The first-order chi connectivity index (χ1) is 13.1. The second-order valence-corrected chi connectivity index (χ2v) is 7.42. The van der Waals surface area contributed by atoms with Gasteiger partial charge >= 0.3 is 11.8 Å². The van der Waals surface area contributed by atoms with Gasteiger partial charge in [-0.2, -0.15) is 16.9 Å². The van der Waals surface area contributed by atoms with Gasteiger partial charge in [0.15, 0.2) is 0 Å². The summed E-state index contributed by atoms with van der Waals surface area (Å²) in [6, 6.07) is 9.63. The van der Waals surface area contributed by atoms with E-state index in [9.17, 15) is 9.59 Å². The fourth-order valence-electron chi connectivity index (χ4n) is 3.10. The summed E-state index contributed by atoms with van der Waals surface area (Å²) < 4.78 is 1.72. The topological polar surface area (TPSA) is 80.5 Å². The average Bonchev–Trinajstić information content (AvgIpc) is 3.28. The molecule has 8 heteroatoms. The molecule has 0 unspecified atom stereocenters. The molecule has 2 heterocycles. The van der Waals surface area contributed by atoms with Gasteiger partial charge in [0.1, 0.15) is 5.82 Å². The number of nitrogens with zero attached hydrogens (tertiary/aromatic N) is 2. The highest BCUT2D eigenvalue weighted by Gasteiger charge is 2.26. The van der Waals surface area contributed by atoms with Crippen molar-refractivity contribution in [3.05, 3.63) is 41.6 Å². The molecule has 1 aromatic heterocycles. The molecular formula is C19H26N5O2S+. The van der Waals surface area contributed by atoms with Gasteiger partial charge in [-0.1, -0.05) is 18.2 Å². The molecule has 0 atom stereocenters. The Bertz CT molecular complexity index is 802. The van der Waals surface area contributed by atoms with Crippen molar-refractivity contribution in [2.45, 2.75) is 25.4 Å². The number of nitrogens with one attached hydrogen (secondary N) is 3. The van der Waals surface area contributed by atoms with Crippen molar-refractivity contribution >= 4 is 29.4 Å².